The number of hydrogen-bond acceptors (Lipinski definition) is 2. The topological polar surface area (TPSA) is 91.5 Å². The summed E-state index contributed by atoms with van der Waals surface area (Å²) in [5, 5.41) is 8.49. The lowest BCUT2D eigenvalue weighted by molar-refractivity contribution is 0.262. The average molecular weight is 376 g/mol. The monoisotopic (exact) mass is 375 g/mol. The summed E-state index contributed by atoms with van der Waals surface area (Å²) >= 11 is 3.35. The summed E-state index contributed by atoms with van der Waals surface area (Å²) < 4.78 is 0.952. The zero-order chi connectivity index (χ0) is 16.7. The number of benzene rings is 2. The van der Waals surface area contributed by atoms with Crippen LogP contribution in [0.4, 0.5) is 21.9 Å². The van der Waals surface area contributed by atoms with Crippen molar-refractivity contribution < 1.29 is 4.79 Å². The number of anilines is 3. The highest BCUT2D eigenvalue weighted by atomic mass is 79.9. The van der Waals surface area contributed by atoms with Crippen LogP contribution in [0.5, 0.6) is 0 Å². The Morgan fingerprint density at radius 2 is 1.65 bits per heavy atom. The molecule has 120 valence electrons. The maximum absolute atomic E-state index is 12.0. The van der Waals surface area contributed by atoms with Crippen molar-refractivity contribution in [3.8, 4) is 0 Å². The summed E-state index contributed by atoms with van der Waals surface area (Å²) in [6.07, 6.45) is 0. The maximum Gasteiger partial charge on any atom is 0.323 e. The van der Waals surface area contributed by atoms with Crippen LogP contribution in [0.25, 0.3) is 0 Å². The van der Waals surface area contributed by atoms with E-state index in [-0.39, 0.29) is 6.03 Å². The third-order valence-corrected chi connectivity index (χ3v) is 3.35. The number of carbonyl (C=O) groups excluding carboxylic acids is 1. The lowest BCUT2D eigenvalue weighted by atomic mass is 10.3. The van der Waals surface area contributed by atoms with E-state index in [9.17, 15) is 4.79 Å². The fraction of sp³-hybridized carbons (Fsp3) is 0.125. The Morgan fingerprint density at radius 3 is 2.30 bits per heavy atom. The molecule has 0 bridgehead atoms. The SMILES string of the molecule is CCN=C(N)Nc1cccc(NC(=O)Nc2ccc(Br)cc2)c1. The highest BCUT2D eigenvalue weighted by molar-refractivity contribution is 9.10. The highest BCUT2D eigenvalue weighted by Crippen LogP contribution is 2.17. The van der Waals surface area contributed by atoms with Crippen LogP contribution in [0, 0.1) is 0 Å². The number of carbonyl (C=O) groups is 1. The zero-order valence-electron chi connectivity index (χ0n) is 12.6. The number of aliphatic imine (C=N–C) groups is 1. The van der Waals surface area contributed by atoms with Crippen LogP contribution in [-0.2, 0) is 0 Å². The van der Waals surface area contributed by atoms with Gasteiger partial charge in [-0.1, -0.05) is 22.0 Å². The van der Waals surface area contributed by atoms with Crippen LogP contribution >= 0.6 is 15.9 Å². The number of guanidine groups is 1. The molecule has 2 aromatic rings. The van der Waals surface area contributed by atoms with Crippen LogP contribution in [0.3, 0.4) is 0 Å². The Balaban J connectivity index is 1.98. The van der Waals surface area contributed by atoms with Crippen molar-refractivity contribution >= 4 is 45.0 Å². The summed E-state index contributed by atoms with van der Waals surface area (Å²) in [5.74, 6) is 0.337. The van der Waals surface area contributed by atoms with Crippen molar-refractivity contribution in [1.29, 1.82) is 0 Å². The molecule has 2 rings (SSSR count). The number of halogens is 1. The van der Waals surface area contributed by atoms with Gasteiger partial charge in [-0.25, -0.2) is 4.79 Å². The second kappa shape index (κ2) is 8.19. The average Bonchev–Trinajstić information content (AvgIpc) is 2.50. The number of amides is 2. The minimum Gasteiger partial charge on any atom is -0.370 e. The first-order valence-corrected chi connectivity index (χ1v) is 7.86. The number of nitrogens with one attached hydrogen (secondary N) is 3. The van der Waals surface area contributed by atoms with Crippen molar-refractivity contribution in [3.63, 3.8) is 0 Å². The molecule has 0 aromatic heterocycles. The Bertz CT molecular complexity index is 700. The fourth-order valence-corrected chi connectivity index (χ4v) is 2.12. The van der Waals surface area contributed by atoms with Crippen LogP contribution in [-0.4, -0.2) is 18.5 Å². The van der Waals surface area contributed by atoms with E-state index in [0.29, 0.717) is 23.9 Å². The Morgan fingerprint density at radius 1 is 1.04 bits per heavy atom. The molecule has 0 spiro atoms. The van der Waals surface area contributed by atoms with E-state index in [1.807, 2.05) is 43.3 Å². The number of nitrogens with two attached hydrogens (primary N) is 1. The lowest BCUT2D eigenvalue weighted by Gasteiger charge is -2.10. The molecule has 7 heteroatoms. The number of rotatable bonds is 4. The molecule has 2 amide bonds. The molecule has 0 unspecified atom stereocenters. The van der Waals surface area contributed by atoms with E-state index in [1.165, 1.54) is 0 Å². The van der Waals surface area contributed by atoms with Crippen LogP contribution in [0.15, 0.2) is 58.0 Å². The predicted octanol–water partition coefficient (Wildman–Crippen LogP) is 3.84. The summed E-state index contributed by atoms with van der Waals surface area (Å²) in [4.78, 5) is 16.1. The standard InChI is InChI=1S/C16H18BrN5O/c1-2-19-15(18)20-13-4-3-5-14(10-13)22-16(23)21-12-8-6-11(17)7-9-12/h3-10H,2H2,1H3,(H3,18,19,20)(H2,21,22,23). The van der Waals surface area contributed by atoms with E-state index < -0.39 is 0 Å². The van der Waals surface area contributed by atoms with E-state index in [0.717, 1.165) is 10.2 Å². The largest absolute Gasteiger partial charge is 0.370 e. The van der Waals surface area contributed by atoms with Crippen molar-refractivity contribution in [1.82, 2.24) is 0 Å². The quantitative estimate of drug-likeness (QED) is 0.483. The maximum atomic E-state index is 12.0. The molecular weight excluding hydrogens is 358 g/mol. The smallest absolute Gasteiger partial charge is 0.323 e. The third kappa shape index (κ3) is 5.63. The molecule has 0 radical (unpaired) electrons. The lowest BCUT2D eigenvalue weighted by Crippen LogP contribution is -2.23. The van der Waals surface area contributed by atoms with Gasteiger partial charge in [0.25, 0.3) is 0 Å². The van der Waals surface area contributed by atoms with Gasteiger partial charge in [0.05, 0.1) is 0 Å². The van der Waals surface area contributed by atoms with Gasteiger partial charge in [0.2, 0.25) is 0 Å². The van der Waals surface area contributed by atoms with Gasteiger partial charge in [-0.15, -0.1) is 0 Å². The molecule has 0 aliphatic heterocycles. The molecule has 2 aromatic carbocycles. The number of hydrogen-bond donors (Lipinski definition) is 4. The predicted molar refractivity (Wildman–Crippen MR) is 99.0 cm³/mol. The molecule has 23 heavy (non-hydrogen) atoms. The van der Waals surface area contributed by atoms with Gasteiger partial charge >= 0.3 is 6.03 Å². The molecular formula is C16H18BrN5O. The first-order chi connectivity index (χ1) is 11.1. The van der Waals surface area contributed by atoms with Gasteiger partial charge < -0.3 is 21.7 Å². The van der Waals surface area contributed by atoms with E-state index in [4.69, 9.17) is 5.73 Å². The molecule has 0 saturated heterocycles. The minimum absolute atomic E-state index is 0.320. The van der Waals surface area contributed by atoms with Crippen LogP contribution < -0.4 is 21.7 Å². The van der Waals surface area contributed by atoms with Gasteiger partial charge in [0, 0.05) is 28.1 Å². The molecule has 0 atom stereocenters. The summed E-state index contributed by atoms with van der Waals surface area (Å²) in [6, 6.07) is 14.2. The van der Waals surface area contributed by atoms with Crippen LogP contribution in [0.1, 0.15) is 6.92 Å². The second-order valence-corrected chi connectivity index (χ2v) is 5.57. The third-order valence-electron chi connectivity index (χ3n) is 2.82. The zero-order valence-corrected chi connectivity index (χ0v) is 14.2. The van der Waals surface area contributed by atoms with Crippen molar-refractivity contribution in [2.45, 2.75) is 6.92 Å². The van der Waals surface area contributed by atoms with Gasteiger partial charge in [0.1, 0.15) is 0 Å². The second-order valence-electron chi connectivity index (χ2n) is 4.65. The number of nitrogens with zero attached hydrogens (tertiary/aromatic N) is 1. The molecule has 0 saturated carbocycles. The normalized spacial score (nSPS) is 11.0. The molecule has 0 fully saturated rings. The van der Waals surface area contributed by atoms with Gasteiger partial charge in [-0.2, -0.15) is 0 Å². The Kier molecular flexibility index (Phi) is 5.99. The molecule has 6 nitrogen and oxygen atoms in total. The highest BCUT2D eigenvalue weighted by Gasteiger charge is 2.04. The minimum atomic E-state index is -0.320. The summed E-state index contributed by atoms with van der Waals surface area (Å²) in [6.45, 7) is 2.51. The van der Waals surface area contributed by atoms with E-state index in [1.54, 1.807) is 12.1 Å². The Labute approximate surface area is 143 Å². The Hall–Kier alpha value is -2.54. The van der Waals surface area contributed by atoms with Crippen LogP contribution in [0.2, 0.25) is 0 Å². The first-order valence-electron chi connectivity index (χ1n) is 7.07. The summed E-state index contributed by atoms with van der Waals surface area (Å²) in [5.41, 5.74) is 7.82. The molecule has 0 heterocycles. The molecule has 0 aliphatic rings. The molecule has 0 aliphatic carbocycles. The first kappa shape index (κ1) is 16.8. The molecule has 5 N–H and O–H groups in total. The van der Waals surface area contributed by atoms with Crippen molar-refractivity contribution in [2.24, 2.45) is 10.7 Å². The van der Waals surface area contributed by atoms with Gasteiger partial charge in [-0.05, 0) is 49.4 Å². The number of urea groups is 1. The van der Waals surface area contributed by atoms with E-state index >= 15 is 0 Å². The van der Waals surface area contributed by atoms with Gasteiger partial charge in [0.15, 0.2) is 5.96 Å². The fourth-order valence-electron chi connectivity index (χ4n) is 1.86. The van der Waals surface area contributed by atoms with Crippen molar-refractivity contribution in [2.75, 3.05) is 22.5 Å². The van der Waals surface area contributed by atoms with E-state index in [2.05, 4.69) is 36.9 Å². The summed E-state index contributed by atoms with van der Waals surface area (Å²) in [7, 11) is 0. The van der Waals surface area contributed by atoms with Gasteiger partial charge in [-0.3, -0.25) is 4.99 Å². The van der Waals surface area contributed by atoms with Crippen molar-refractivity contribution in [3.05, 3.63) is 53.0 Å².